The van der Waals surface area contributed by atoms with Crippen LogP contribution in [-0.2, 0) is 21.2 Å². The number of carbonyl (C=O) groups excluding carboxylic acids is 1. The maximum absolute atomic E-state index is 13.1. The lowest BCUT2D eigenvalue weighted by molar-refractivity contribution is -0.116. The number of halogens is 1. The summed E-state index contributed by atoms with van der Waals surface area (Å²) in [5.41, 5.74) is 2.12. The lowest BCUT2D eigenvalue weighted by Gasteiger charge is -2.18. The molecule has 0 saturated carbocycles. The highest BCUT2D eigenvalue weighted by molar-refractivity contribution is 7.89. The van der Waals surface area contributed by atoms with Gasteiger partial charge in [-0.05, 0) is 54.8 Å². The second-order valence-electron chi connectivity index (χ2n) is 6.24. The molecule has 27 heavy (non-hydrogen) atoms. The van der Waals surface area contributed by atoms with Crippen molar-refractivity contribution in [2.45, 2.75) is 38.5 Å². The number of carbonyl (C=O) groups is 1. The third kappa shape index (κ3) is 5.37. The van der Waals surface area contributed by atoms with E-state index in [0.29, 0.717) is 30.8 Å². The summed E-state index contributed by atoms with van der Waals surface area (Å²) in [6, 6.07) is 10.8. The Hall–Kier alpha value is -2.25. The van der Waals surface area contributed by atoms with Crippen molar-refractivity contribution < 1.29 is 17.6 Å². The largest absolute Gasteiger partial charge is 0.326 e. The summed E-state index contributed by atoms with van der Waals surface area (Å²) in [7, 11) is -3.47. The van der Waals surface area contributed by atoms with Crippen molar-refractivity contribution in [2.24, 2.45) is 0 Å². The average molecular weight is 392 g/mol. The van der Waals surface area contributed by atoms with Gasteiger partial charge in [0.25, 0.3) is 0 Å². The smallest absolute Gasteiger partial charge is 0.243 e. The minimum absolute atomic E-state index is 0.176. The Morgan fingerprint density at radius 1 is 1.07 bits per heavy atom. The molecule has 0 heterocycles. The van der Waals surface area contributed by atoms with Crippen LogP contribution in [0.5, 0.6) is 0 Å². The molecule has 1 amide bonds. The SMILES string of the molecule is CCN(CC)S(=O)(=O)c1ccc(CCC(=O)Nc2ccc(F)cc2C)cc1. The lowest BCUT2D eigenvalue weighted by Crippen LogP contribution is -2.30. The van der Waals surface area contributed by atoms with Crippen molar-refractivity contribution >= 4 is 21.6 Å². The molecule has 7 heteroatoms. The normalized spacial score (nSPS) is 11.6. The standard InChI is InChI=1S/C20H25FN2O3S/c1-4-23(5-2)27(25,26)18-10-6-16(7-11-18)8-13-20(24)22-19-12-9-17(21)14-15(19)3/h6-7,9-12,14H,4-5,8,13H2,1-3H3,(H,22,24). The third-order valence-corrected chi connectivity index (χ3v) is 6.43. The highest BCUT2D eigenvalue weighted by Crippen LogP contribution is 2.18. The molecule has 0 unspecified atom stereocenters. The van der Waals surface area contributed by atoms with Gasteiger partial charge < -0.3 is 5.32 Å². The zero-order valence-electron chi connectivity index (χ0n) is 15.8. The highest BCUT2D eigenvalue weighted by atomic mass is 32.2. The van der Waals surface area contributed by atoms with Crippen LogP contribution in [0.1, 0.15) is 31.4 Å². The number of benzene rings is 2. The fourth-order valence-corrected chi connectivity index (χ4v) is 4.24. The zero-order chi connectivity index (χ0) is 20.0. The molecule has 0 bridgehead atoms. The maximum Gasteiger partial charge on any atom is 0.243 e. The molecule has 0 saturated heterocycles. The van der Waals surface area contributed by atoms with E-state index in [1.807, 2.05) is 0 Å². The molecule has 0 aliphatic rings. The summed E-state index contributed by atoms with van der Waals surface area (Å²) in [5.74, 6) is -0.519. The van der Waals surface area contributed by atoms with E-state index in [-0.39, 0.29) is 23.0 Å². The van der Waals surface area contributed by atoms with E-state index < -0.39 is 10.0 Å². The van der Waals surface area contributed by atoms with Crippen LogP contribution in [-0.4, -0.2) is 31.7 Å². The maximum atomic E-state index is 13.1. The third-order valence-electron chi connectivity index (χ3n) is 4.37. The van der Waals surface area contributed by atoms with E-state index in [0.717, 1.165) is 5.56 Å². The van der Waals surface area contributed by atoms with Crippen LogP contribution in [0.2, 0.25) is 0 Å². The fraction of sp³-hybridized carbons (Fsp3) is 0.350. The first-order valence-electron chi connectivity index (χ1n) is 8.93. The van der Waals surface area contributed by atoms with Crippen molar-refractivity contribution in [3.05, 3.63) is 59.4 Å². The molecule has 2 aromatic carbocycles. The summed E-state index contributed by atoms with van der Waals surface area (Å²) < 4.78 is 39.4. The second kappa shape index (κ2) is 9.10. The van der Waals surface area contributed by atoms with E-state index in [9.17, 15) is 17.6 Å². The van der Waals surface area contributed by atoms with Crippen LogP contribution in [0, 0.1) is 12.7 Å². The van der Waals surface area contributed by atoms with Crippen LogP contribution in [0.4, 0.5) is 10.1 Å². The molecule has 2 aromatic rings. The molecule has 0 atom stereocenters. The molecule has 2 rings (SSSR count). The van der Waals surface area contributed by atoms with Gasteiger partial charge in [-0.25, -0.2) is 12.8 Å². The summed E-state index contributed by atoms with van der Waals surface area (Å²) in [6.45, 7) is 6.18. The summed E-state index contributed by atoms with van der Waals surface area (Å²) >= 11 is 0. The van der Waals surface area contributed by atoms with E-state index in [4.69, 9.17) is 0 Å². The van der Waals surface area contributed by atoms with Crippen LogP contribution < -0.4 is 5.32 Å². The van der Waals surface area contributed by atoms with Gasteiger partial charge in [0.05, 0.1) is 4.90 Å². The molecule has 1 N–H and O–H groups in total. The minimum Gasteiger partial charge on any atom is -0.326 e. The van der Waals surface area contributed by atoms with Gasteiger partial charge in [-0.1, -0.05) is 26.0 Å². The molecule has 0 aromatic heterocycles. The van der Waals surface area contributed by atoms with Gasteiger partial charge >= 0.3 is 0 Å². The molecule has 0 fully saturated rings. The molecule has 0 spiro atoms. The second-order valence-corrected chi connectivity index (χ2v) is 8.18. The Kier molecular flexibility index (Phi) is 7.10. The van der Waals surface area contributed by atoms with Gasteiger partial charge in [-0.3, -0.25) is 4.79 Å². The number of sulfonamides is 1. The number of aryl methyl sites for hydroxylation is 2. The number of nitrogens with one attached hydrogen (secondary N) is 1. The number of anilines is 1. The predicted octanol–water partition coefficient (Wildman–Crippen LogP) is 3.74. The number of nitrogens with zero attached hydrogens (tertiary/aromatic N) is 1. The first-order valence-corrected chi connectivity index (χ1v) is 10.4. The first kappa shape index (κ1) is 21.1. The highest BCUT2D eigenvalue weighted by Gasteiger charge is 2.21. The van der Waals surface area contributed by atoms with Crippen molar-refractivity contribution in [1.29, 1.82) is 0 Å². The predicted molar refractivity (Wildman–Crippen MR) is 105 cm³/mol. The fourth-order valence-electron chi connectivity index (χ4n) is 2.78. The first-order chi connectivity index (χ1) is 12.8. The Labute approximate surface area is 160 Å². The molecule has 0 aliphatic carbocycles. The number of rotatable bonds is 8. The van der Waals surface area contributed by atoms with E-state index in [1.54, 1.807) is 45.0 Å². The topological polar surface area (TPSA) is 66.5 Å². The zero-order valence-corrected chi connectivity index (χ0v) is 16.6. The van der Waals surface area contributed by atoms with Gasteiger partial charge in [0.2, 0.25) is 15.9 Å². The monoisotopic (exact) mass is 392 g/mol. The quantitative estimate of drug-likeness (QED) is 0.744. The summed E-state index contributed by atoms with van der Waals surface area (Å²) in [5, 5.41) is 2.77. The summed E-state index contributed by atoms with van der Waals surface area (Å²) in [4.78, 5) is 12.4. The molecular weight excluding hydrogens is 367 g/mol. The van der Waals surface area contributed by atoms with Crippen molar-refractivity contribution in [2.75, 3.05) is 18.4 Å². The Balaban J connectivity index is 1.97. The molecule has 146 valence electrons. The Bertz CT molecular complexity index is 892. The van der Waals surface area contributed by atoms with Gasteiger partial charge in [0.15, 0.2) is 0 Å². The molecule has 0 aliphatic heterocycles. The minimum atomic E-state index is -3.47. The van der Waals surface area contributed by atoms with Gasteiger partial charge in [-0.2, -0.15) is 4.31 Å². The number of amides is 1. The Morgan fingerprint density at radius 2 is 1.70 bits per heavy atom. The van der Waals surface area contributed by atoms with E-state index in [2.05, 4.69) is 5.32 Å². The van der Waals surface area contributed by atoms with Crippen molar-refractivity contribution in [1.82, 2.24) is 4.31 Å². The van der Waals surface area contributed by atoms with E-state index in [1.165, 1.54) is 22.5 Å². The molecule has 5 nitrogen and oxygen atoms in total. The van der Waals surface area contributed by atoms with Crippen molar-refractivity contribution in [3.8, 4) is 0 Å². The number of hydrogen-bond acceptors (Lipinski definition) is 3. The van der Waals surface area contributed by atoms with Crippen molar-refractivity contribution in [3.63, 3.8) is 0 Å². The van der Waals surface area contributed by atoms with Gasteiger partial charge in [-0.15, -0.1) is 0 Å². The molecular formula is C20H25FN2O3S. The van der Waals surface area contributed by atoms with Crippen LogP contribution in [0.3, 0.4) is 0 Å². The van der Waals surface area contributed by atoms with Gasteiger partial charge in [0.1, 0.15) is 5.82 Å². The Morgan fingerprint density at radius 3 is 2.26 bits per heavy atom. The summed E-state index contributed by atoms with van der Waals surface area (Å²) in [6.07, 6.45) is 0.733. The molecule has 0 radical (unpaired) electrons. The van der Waals surface area contributed by atoms with E-state index >= 15 is 0 Å². The lowest BCUT2D eigenvalue weighted by atomic mass is 10.1. The van der Waals surface area contributed by atoms with Gasteiger partial charge in [0, 0.05) is 25.2 Å². The van der Waals surface area contributed by atoms with Crippen LogP contribution in [0.15, 0.2) is 47.4 Å². The average Bonchev–Trinajstić information content (AvgIpc) is 2.63. The number of hydrogen-bond donors (Lipinski definition) is 1. The van der Waals surface area contributed by atoms with Crippen LogP contribution >= 0.6 is 0 Å². The van der Waals surface area contributed by atoms with Crippen LogP contribution in [0.25, 0.3) is 0 Å².